The van der Waals surface area contributed by atoms with Crippen LogP contribution in [0.15, 0.2) is 10.7 Å². The van der Waals surface area contributed by atoms with Crippen molar-refractivity contribution >= 4 is 15.9 Å². The van der Waals surface area contributed by atoms with E-state index in [1.807, 2.05) is 10.9 Å². The van der Waals surface area contributed by atoms with Crippen LogP contribution in [0.3, 0.4) is 0 Å². The van der Waals surface area contributed by atoms with Crippen LogP contribution < -0.4 is 5.73 Å². The number of halogens is 1. The number of aryl methyl sites for hydroxylation is 1. The lowest BCUT2D eigenvalue weighted by Crippen LogP contribution is -2.50. The molecule has 1 aliphatic heterocycles. The molecule has 4 nitrogen and oxygen atoms in total. The second kappa shape index (κ2) is 5.94. The van der Waals surface area contributed by atoms with Crippen LogP contribution in [0.25, 0.3) is 0 Å². The molecule has 0 bridgehead atoms. The van der Waals surface area contributed by atoms with Crippen molar-refractivity contribution in [2.24, 2.45) is 5.73 Å². The van der Waals surface area contributed by atoms with Crippen molar-refractivity contribution in [1.82, 2.24) is 14.7 Å². The number of hydrogen-bond donors (Lipinski definition) is 1. The van der Waals surface area contributed by atoms with Gasteiger partial charge in [0.2, 0.25) is 0 Å². The van der Waals surface area contributed by atoms with Gasteiger partial charge in [0.05, 0.1) is 22.4 Å². The molecular formula is C14H25BrN4. The van der Waals surface area contributed by atoms with E-state index in [9.17, 15) is 0 Å². The van der Waals surface area contributed by atoms with Crippen molar-refractivity contribution in [1.29, 1.82) is 0 Å². The Hall–Kier alpha value is -0.390. The number of hydrogen-bond acceptors (Lipinski definition) is 3. The zero-order chi connectivity index (χ0) is 14.0. The summed E-state index contributed by atoms with van der Waals surface area (Å²) in [6.45, 7) is 9.89. The molecule has 5 heteroatoms. The molecule has 2 rings (SSSR count). The van der Waals surface area contributed by atoms with Crippen LogP contribution in [-0.2, 0) is 6.54 Å². The van der Waals surface area contributed by atoms with Gasteiger partial charge in [-0.2, -0.15) is 5.10 Å². The van der Waals surface area contributed by atoms with Gasteiger partial charge in [-0.3, -0.25) is 9.58 Å². The monoisotopic (exact) mass is 328 g/mol. The molecule has 0 saturated carbocycles. The van der Waals surface area contributed by atoms with E-state index in [4.69, 9.17) is 5.73 Å². The molecule has 2 N–H and O–H groups in total. The summed E-state index contributed by atoms with van der Waals surface area (Å²) >= 11 is 3.61. The maximum atomic E-state index is 6.60. The van der Waals surface area contributed by atoms with Gasteiger partial charge < -0.3 is 5.73 Å². The first kappa shape index (κ1) is 15.0. The van der Waals surface area contributed by atoms with E-state index in [1.165, 1.54) is 12.8 Å². The van der Waals surface area contributed by atoms with Crippen LogP contribution in [0.2, 0.25) is 0 Å². The second-order valence-corrected chi connectivity index (χ2v) is 6.78. The van der Waals surface area contributed by atoms with E-state index >= 15 is 0 Å². The van der Waals surface area contributed by atoms with Crippen LogP contribution in [0.5, 0.6) is 0 Å². The summed E-state index contributed by atoms with van der Waals surface area (Å²) in [6.07, 6.45) is 5.50. The Morgan fingerprint density at radius 1 is 1.42 bits per heavy atom. The predicted octanol–water partition coefficient (Wildman–Crippen LogP) is 2.93. The molecule has 1 aromatic rings. The van der Waals surface area contributed by atoms with Gasteiger partial charge in [0.25, 0.3) is 0 Å². The summed E-state index contributed by atoms with van der Waals surface area (Å²) in [5, 5.41) is 4.44. The highest BCUT2D eigenvalue weighted by Gasteiger charge is 2.37. The summed E-state index contributed by atoms with van der Waals surface area (Å²) in [5.74, 6) is 0. The predicted molar refractivity (Wildman–Crippen MR) is 82.0 cm³/mol. The zero-order valence-electron chi connectivity index (χ0n) is 12.2. The van der Waals surface area contributed by atoms with Gasteiger partial charge in [0.15, 0.2) is 0 Å². The third-order valence-corrected chi connectivity index (χ3v) is 4.86. The van der Waals surface area contributed by atoms with Crippen LogP contribution in [0.4, 0.5) is 0 Å². The molecule has 0 aromatic carbocycles. The second-order valence-electron chi connectivity index (χ2n) is 5.93. The zero-order valence-corrected chi connectivity index (χ0v) is 13.8. The van der Waals surface area contributed by atoms with Crippen LogP contribution in [-0.4, -0.2) is 33.3 Å². The largest absolute Gasteiger partial charge is 0.321 e. The van der Waals surface area contributed by atoms with E-state index in [1.54, 1.807) is 0 Å². The minimum absolute atomic E-state index is 0.0333. The van der Waals surface area contributed by atoms with Crippen LogP contribution in [0.1, 0.15) is 51.8 Å². The molecule has 19 heavy (non-hydrogen) atoms. The van der Waals surface area contributed by atoms with Gasteiger partial charge in [-0.1, -0.05) is 6.92 Å². The standard InChI is InChI=1S/C14H25BrN4/c1-4-7-19-12(11(15)10-17-19)13(16)14(2,3)18-8-5-6-9-18/h10,13H,4-9,16H2,1-3H3. The Kier molecular flexibility index (Phi) is 4.69. The number of likely N-dealkylation sites (tertiary alicyclic amines) is 1. The molecule has 1 aliphatic rings. The van der Waals surface area contributed by atoms with E-state index in [2.05, 4.69) is 46.7 Å². The molecular weight excluding hydrogens is 304 g/mol. The summed E-state index contributed by atoms with van der Waals surface area (Å²) in [7, 11) is 0. The first-order valence-electron chi connectivity index (χ1n) is 7.20. The van der Waals surface area contributed by atoms with Crippen molar-refractivity contribution in [2.45, 2.75) is 58.2 Å². The molecule has 1 aromatic heterocycles. The highest BCUT2D eigenvalue weighted by atomic mass is 79.9. The van der Waals surface area contributed by atoms with Gasteiger partial charge in [0.1, 0.15) is 0 Å². The highest BCUT2D eigenvalue weighted by Crippen LogP contribution is 2.35. The van der Waals surface area contributed by atoms with Crippen molar-refractivity contribution in [3.63, 3.8) is 0 Å². The quantitative estimate of drug-likeness (QED) is 0.903. The fourth-order valence-corrected chi connectivity index (χ4v) is 3.44. The topological polar surface area (TPSA) is 47.1 Å². The van der Waals surface area contributed by atoms with Crippen LogP contribution >= 0.6 is 15.9 Å². The first-order chi connectivity index (χ1) is 8.98. The Labute approximate surface area is 124 Å². The maximum absolute atomic E-state index is 6.60. The lowest BCUT2D eigenvalue weighted by molar-refractivity contribution is 0.120. The lowest BCUT2D eigenvalue weighted by atomic mass is 9.90. The Morgan fingerprint density at radius 3 is 2.63 bits per heavy atom. The third kappa shape index (κ3) is 2.88. The lowest BCUT2D eigenvalue weighted by Gasteiger charge is -2.40. The normalized spacial score (nSPS) is 19.0. The molecule has 0 aliphatic carbocycles. The Balaban J connectivity index is 2.27. The minimum Gasteiger partial charge on any atom is -0.321 e. The molecule has 0 radical (unpaired) electrons. The van der Waals surface area contributed by atoms with Crippen molar-refractivity contribution in [2.75, 3.05) is 13.1 Å². The smallest absolute Gasteiger partial charge is 0.0712 e. The van der Waals surface area contributed by atoms with Gasteiger partial charge >= 0.3 is 0 Å². The number of aromatic nitrogens is 2. The van der Waals surface area contributed by atoms with Crippen molar-refractivity contribution in [3.8, 4) is 0 Å². The summed E-state index contributed by atoms with van der Waals surface area (Å²) in [5.41, 5.74) is 7.68. The summed E-state index contributed by atoms with van der Waals surface area (Å²) < 4.78 is 3.08. The molecule has 0 spiro atoms. The summed E-state index contributed by atoms with van der Waals surface area (Å²) in [6, 6.07) is -0.0333. The van der Waals surface area contributed by atoms with E-state index in [0.29, 0.717) is 0 Å². The number of rotatable bonds is 5. The minimum atomic E-state index is -0.0372. The fraction of sp³-hybridized carbons (Fsp3) is 0.786. The molecule has 108 valence electrons. The fourth-order valence-electron chi connectivity index (χ4n) is 2.90. The van der Waals surface area contributed by atoms with Gasteiger partial charge in [0, 0.05) is 12.1 Å². The summed E-state index contributed by atoms with van der Waals surface area (Å²) in [4.78, 5) is 2.51. The number of nitrogens with two attached hydrogens (primary N) is 1. The average molecular weight is 329 g/mol. The van der Waals surface area contributed by atoms with E-state index < -0.39 is 0 Å². The Morgan fingerprint density at radius 2 is 2.05 bits per heavy atom. The van der Waals surface area contributed by atoms with Gasteiger partial charge in [-0.15, -0.1) is 0 Å². The van der Waals surface area contributed by atoms with Gasteiger partial charge in [-0.25, -0.2) is 0 Å². The van der Waals surface area contributed by atoms with Crippen LogP contribution in [0, 0.1) is 0 Å². The molecule has 1 atom stereocenters. The molecule has 1 saturated heterocycles. The molecule has 2 heterocycles. The molecule has 0 amide bonds. The molecule has 1 unspecified atom stereocenters. The third-order valence-electron chi connectivity index (χ3n) is 4.25. The highest BCUT2D eigenvalue weighted by molar-refractivity contribution is 9.10. The van der Waals surface area contributed by atoms with Gasteiger partial charge in [-0.05, 0) is 62.1 Å². The maximum Gasteiger partial charge on any atom is 0.0712 e. The first-order valence-corrected chi connectivity index (χ1v) is 7.99. The SMILES string of the molecule is CCCn1ncc(Br)c1C(N)C(C)(C)N1CCCC1. The Bertz CT molecular complexity index is 421. The van der Waals surface area contributed by atoms with E-state index in [0.717, 1.165) is 36.2 Å². The number of nitrogens with zero attached hydrogens (tertiary/aromatic N) is 3. The van der Waals surface area contributed by atoms with Crippen molar-refractivity contribution in [3.05, 3.63) is 16.4 Å². The average Bonchev–Trinajstić information content (AvgIpc) is 2.99. The molecule has 1 fully saturated rings. The van der Waals surface area contributed by atoms with Crippen molar-refractivity contribution < 1.29 is 0 Å². The van der Waals surface area contributed by atoms with E-state index in [-0.39, 0.29) is 11.6 Å².